The second-order valence-electron chi connectivity index (χ2n) is 9.23. The van der Waals surface area contributed by atoms with Gasteiger partial charge in [0.1, 0.15) is 0 Å². The molecule has 1 aliphatic carbocycles. The Morgan fingerprint density at radius 2 is 1.41 bits per heavy atom. The molecule has 0 radical (unpaired) electrons. The van der Waals surface area contributed by atoms with Gasteiger partial charge in [0, 0.05) is 21.9 Å². The Hall–Kier alpha value is -2.93. The third kappa shape index (κ3) is 2.57. The Balaban J connectivity index is 2.01. The van der Waals surface area contributed by atoms with Crippen molar-refractivity contribution in [2.45, 2.75) is 47.0 Å². The lowest BCUT2D eigenvalue weighted by atomic mass is 9.79. The Labute approximate surface area is 173 Å². The molecule has 29 heavy (non-hydrogen) atoms. The normalized spacial score (nSPS) is 14.1. The van der Waals surface area contributed by atoms with E-state index in [0.29, 0.717) is 0 Å². The maximum absolute atomic E-state index is 5.29. The van der Waals surface area contributed by atoms with Crippen molar-refractivity contribution < 1.29 is 0 Å². The molecule has 0 bridgehead atoms. The van der Waals surface area contributed by atoms with E-state index in [9.17, 15) is 0 Å². The molecule has 0 saturated heterocycles. The smallest absolute Gasteiger partial charge is 0.0791 e. The molecular weight excluding hydrogens is 350 g/mol. The first kappa shape index (κ1) is 18.1. The van der Waals surface area contributed by atoms with Gasteiger partial charge in [-0.1, -0.05) is 61.4 Å². The Kier molecular flexibility index (Phi) is 3.77. The topological polar surface area (TPSA) is 12.9 Å². The molecule has 0 spiro atoms. The number of rotatable bonds is 1. The summed E-state index contributed by atoms with van der Waals surface area (Å²) in [5.41, 5.74) is 14.0. The van der Waals surface area contributed by atoms with Crippen LogP contribution in [0.1, 0.15) is 47.2 Å². The van der Waals surface area contributed by atoms with Crippen LogP contribution < -0.4 is 0 Å². The average molecular weight is 378 g/mol. The van der Waals surface area contributed by atoms with E-state index in [1.165, 1.54) is 55.5 Å². The van der Waals surface area contributed by atoms with E-state index < -0.39 is 0 Å². The van der Waals surface area contributed by atoms with Crippen molar-refractivity contribution in [3.8, 4) is 22.4 Å². The molecular formula is C28H27N. The van der Waals surface area contributed by atoms with E-state index in [-0.39, 0.29) is 5.41 Å². The number of fused-ring (bicyclic) bond motifs is 5. The summed E-state index contributed by atoms with van der Waals surface area (Å²) in [7, 11) is 0. The van der Waals surface area contributed by atoms with Gasteiger partial charge < -0.3 is 0 Å². The summed E-state index contributed by atoms with van der Waals surface area (Å²) in [6, 6.07) is 20.2. The number of aryl methyl sites for hydroxylation is 4. The van der Waals surface area contributed by atoms with Crippen LogP contribution in [0.3, 0.4) is 0 Å². The van der Waals surface area contributed by atoms with Crippen molar-refractivity contribution >= 4 is 10.9 Å². The van der Waals surface area contributed by atoms with Crippen molar-refractivity contribution in [1.82, 2.24) is 4.98 Å². The third-order valence-corrected chi connectivity index (χ3v) is 6.42. The monoisotopic (exact) mass is 377 g/mol. The maximum atomic E-state index is 5.29. The lowest BCUT2D eigenvalue weighted by Gasteiger charge is -2.24. The molecule has 1 aromatic heterocycles. The molecule has 0 amide bonds. The van der Waals surface area contributed by atoms with Crippen molar-refractivity contribution in [3.63, 3.8) is 0 Å². The predicted molar refractivity (Wildman–Crippen MR) is 124 cm³/mol. The summed E-state index contributed by atoms with van der Waals surface area (Å²) in [6.07, 6.45) is 0. The minimum atomic E-state index is -0.0548. The Bertz CT molecular complexity index is 1290. The second kappa shape index (κ2) is 6.03. The van der Waals surface area contributed by atoms with Gasteiger partial charge in [-0.05, 0) is 73.7 Å². The number of nitrogens with zero attached hydrogens (tertiary/aromatic N) is 1. The van der Waals surface area contributed by atoms with Gasteiger partial charge in [-0.25, -0.2) is 4.98 Å². The van der Waals surface area contributed by atoms with Crippen LogP contribution in [0.15, 0.2) is 54.6 Å². The lowest BCUT2D eigenvalue weighted by Crippen LogP contribution is -2.16. The first-order chi connectivity index (χ1) is 13.8. The summed E-state index contributed by atoms with van der Waals surface area (Å²) < 4.78 is 0. The summed E-state index contributed by atoms with van der Waals surface area (Å²) >= 11 is 0. The second-order valence-corrected chi connectivity index (χ2v) is 9.23. The Morgan fingerprint density at radius 1 is 0.759 bits per heavy atom. The maximum Gasteiger partial charge on any atom is 0.0791 e. The molecule has 3 aromatic carbocycles. The zero-order valence-corrected chi connectivity index (χ0v) is 18.1. The number of pyridine rings is 1. The highest BCUT2D eigenvalue weighted by atomic mass is 14.7. The third-order valence-electron chi connectivity index (χ3n) is 6.42. The predicted octanol–water partition coefficient (Wildman–Crippen LogP) is 7.44. The molecule has 1 nitrogen and oxygen atoms in total. The van der Waals surface area contributed by atoms with Crippen LogP contribution in [-0.2, 0) is 5.41 Å². The summed E-state index contributed by atoms with van der Waals surface area (Å²) in [6.45, 7) is 13.5. The summed E-state index contributed by atoms with van der Waals surface area (Å²) in [5.74, 6) is 0. The van der Waals surface area contributed by atoms with E-state index >= 15 is 0 Å². The molecule has 1 heteroatoms. The highest BCUT2D eigenvalue weighted by molar-refractivity contribution is 6.02. The minimum Gasteiger partial charge on any atom is -0.247 e. The van der Waals surface area contributed by atoms with Crippen LogP contribution in [0.4, 0.5) is 0 Å². The average Bonchev–Trinajstić information content (AvgIpc) is 2.88. The van der Waals surface area contributed by atoms with Gasteiger partial charge in [-0.15, -0.1) is 0 Å². The number of hydrogen-bond acceptors (Lipinski definition) is 1. The lowest BCUT2D eigenvalue weighted by molar-refractivity contribution is 0.665. The molecule has 4 aromatic rings. The van der Waals surface area contributed by atoms with Crippen LogP contribution in [0.25, 0.3) is 33.3 Å². The molecule has 0 N–H and O–H groups in total. The van der Waals surface area contributed by atoms with Crippen LogP contribution in [-0.4, -0.2) is 4.98 Å². The number of aromatic nitrogens is 1. The Morgan fingerprint density at radius 3 is 2.14 bits per heavy atom. The van der Waals surface area contributed by atoms with Crippen LogP contribution in [0.2, 0.25) is 0 Å². The van der Waals surface area contributed by atoms with E-state index in [1.807, 2.05) is 0 Å². The molecule has 0 atom stereocenters. The highest BCUT2D eigenvalue weighted by Crippen LogP contribution is 2.54. The number of hydrogen-bond donors (Lipinski definition) is 0. The fourth-order valence-electron chi connectivity index (χ4n) is 5.37. The van der Waals surface area contributed by atoms with Gasteiger partial charge in [-0.2, -0.15) is 0 Å². The SMILES string of the molecule is Cc1cc(C)cc(-c2nc3cc(C)cc(C)c3c3c2-c2ccccc2C3(C)C)c1. The molecule has 0 saturated carbocycles. The van der Waals surface area contributed by atoms with E-state index in [0.717, 1.165) is 11.2 Å². The summed E-state index contributed by atoms with van der Waals surface area (Å²) in [5, 5.41) is 1.32. The zero-order valence-electron chi connectivity index (χ0n) is 18.1. The quantitative estimate of drug-likeness (QED) is 0.336. The molecule has 144 valence electrons. The molecule has 0 aliphatic heterocycles. The largest absolute Gasteiger partial charge is 0.247 e. The number of benzene rings is 3. The van der Waals surface area contributed by atoms with Gasteiger partial charge in [0.25, 0.3) is 0 Å². The van der Waals surface area contributed by atoms with Gasteiger partial charge in [0.05, 0.1) is 11.2 Å². The molecule has 5 rings (SSSR count). The molecule has 1 heterocycles. The van der Waals surface area contributed by atoms with Gasteiger partial charge >= 0.3 is 0 Å². The zero-order chi connectivity index (χ0) is 20.5. The fourth-order valence-corrected chi connectivity index (χ4v) is 5.37. The van der Waals surface area contributed by atoms with E-state index in [4.69, 9.17) is 4.98 Å². The minimum absolute atomic E-state index is 0.0548. The fraction of sp³-hybridized carbons (Fsp3) is 0.250. The van der Waals surface area contributed by atoms with Crippen molar-refractivity contribution in [1.29, 1.82) is 0 Å². The van der Waals surface area contributed by atoms with Gasteiger partial charge in [-0.3, -0.25) is 0 Å². The molecule has 1 aliphatic rings. The van der Waals surface area contributed by atoms with Crippen molar-refractivity contribution in [2.75, 3.05) is 0 Å². The van der Waals surface area contributed by atoms with Gasteiger partial charge in [0.2, 0.25) is 0 Å². The molecule has 0 unspecified atom stereocenters. The van der Waals surface area contributed by atoms with Gasteiger partial charge in [0.15, 0.2) is 0 Å². The van der Waals surface area contributed by atoms with E-state index in [1.54, 1.807) is 0 Å². The van der Waals surface area contributed by atoms with E-state index in [2.05, 4.69) is 96.1 Å². The highest BCUT2D eigenvalue weighted by Gasteiger charge is 2.39. The van der Waals surface area contributed by atoms with Crippen molar-refractivity contribution in [2.24, 2.45) is 0 Å². The van der Waals surface area contributed by atoms with Crippen LogP contribution in [0.5, 0.6) is 0 Å². The summed E-state index contributed by atoms with van der Waals surface area (Å²) in [4.78, 5) is 5.29. The first-order valence-corrected chi connectivity index (χ1v) is 10.4. The molecule has 0 fully saturated rings. The first-order valence-electron chi connectivity index (χ1n) is 10.4. The standard InChI is InChI=1S/C28H27N/c1-16-11-17(2)14-20(13-16)27-25-21-9-7-8-10-22(21)28(5,6)26(25)24-19(4)12-18(3)15-23(24)29-27/h7-15H,1-6H3. The van der Waals surface area contributed by atoms with Crippen LogP contribution >= 0.6 is 0 Å². The van der Waals surface area contributed by atoms with Crippen LogP contribution in [0, 0.1) is 27.7 Å². The van der Waals surface area contributed by atoms with Crippen molar-refractivity contribution in [3.05, 3.63) is 88.0 Å².